The van der Waals surface area contributed by atoms with Gasteiger partial charge in [-0.15, -0.1) is 0 Å². The highest BCUT2D eigenvalue weighted by atomic mass is 79.9. The number of halogens is 3. The van der Waals surface area contributed by atoms with Crippen molar-refractivity contribution >= 4 is 15.9 Å². The maximum absolute atomic E-state index is 12.3. The lowest BCUT2D eigenvalue weighted by atomic mass is 10.1. The lowest BCUT2D eigenvalue weighted by Crippen LogP contribution is -2.43. The average Bonchev–Trinajstić information content (AvgIpc) is 2.44. The van der Waals surface area contributed by atoms with Gasteiger partial charge in [0.05, 0.1) is 10.2 Å². The third kappa shape index (κ3) is 3.50. The summed E-state index contributed by atoms with van der Waals surface area (Å²) in [7, 11) is 1.77. The molecule has 16 heavy (non-hydrogen) atoms. The third-order valence-corrected chi connectivity index (χ3v) is 2.76. The molecule has 1 aromatic rings. The van der Waals surface area contributed by atoms with E-state index in [1.165, 1.54) is 0 Å². The quantitative estimate of drug-likeness (QED) is 0.861. The van der Waals surface area contributed by atoms with Gasteiger partial charge in [-0.25, -0.2) is 8.78 Å². The fourth-order valence-electron chi connectivity index (χ4n) is 1.14. The Morgan fingerprint density at radius 2 is 2.31 bits per heavy atom. The molecule has 1 unspecified atom stereocenters. The van der Waals surface area contributed by atoms with Gasteiger partial charge in [-0.3, -0.25) is 4.68 Å². The molecule has 0 saturated carbocycles. The fraction of sp³-hybridized carbons (Fsp3) is 0.667. The largest absolute Gasteiger partial charge is 0.383 e. The number of alkyl halides is 2. The number of aryl methyl sites for hydroxylation is 1. The highest BCUT2D eigenvalue weighted by molar-refractivity contribution is 9.10. The molecule has 0 aromatic carbocycles. The molecule has 1 aromatic heterocycles. The van der Waals surface area contributed by atoms with Crippen molar-refractivity contribution in [2.75, 3.05) is 6.54 Å². The second kappa shape index (κ2) is 5.20. The van der Waals surface area contributed by atoms with E-state index in [4.69, 9.17) is 0 Å². The minimum absolute atomic E-state index is 0.187. The van der Waals surface area contributed by atoms with E-state index in [9.17, 15) is 13.9 Å². The highest BCUT2D eigenvalue weighted by Crippen LogP contribution is 2.16. The predicted molar refractivity (Wildman–Crippen MR) is 59.2 cm³/mol. The lowest BCUT2D eigenvalue weighted by molar-refractivity contribution is -0.0809. The van der Waals surface area contributed by atoms with E-state index in [1.807, 2.05) is 0 Å². The second-order valence-corrected chi connectivity index (χ2v) is 4.71. The van der Waals surface area contributed by atoms with E-state index in [0.717, 1.165) is 11.4 Å². The molecule has 1 atom stereocenters. The van der Waals surface area contributed by atoms with Crippen LogP contribution in [0.1, 0.15) is 12.6 Å². The van der Waals surface area contributed by atoms with Crippen molar-refractivity contribution in [1.29, 1.82) is 0 Å². The summed E-state index contributed by atoms with van der Waals surface area (Å²) in [5.74, 6) is 0. The maximum atomic E-state index is 12.3. The second-order valence-electron chi connectivity index (χ2n) is 3.86. The van der Waals surface area contributed by atoms with Crippen LogP contribution in [0, 0.1) is 0 Å². The van der Waals surface area contributed by atoms with Crippen LogP contribution in [-0.2, 0) is 13.6 Å². The van der Waals surface area contributed by atoms with Crippen molar-refractivity contribution in [2.45, 2.75) is 25.5 Å². The Hall–Kier alpha value is -0.530. The summed E-state index contributed by atoms with van der Waals surface area (Å²) in [5.41, 5.74) is -1.30. The van der Waals surface area contributed by atoms with Gasteiger partial charge in [-0.1, -0.05) is 0 Å². The molecule has 0 amide bonds. The van der Waals surface area contributed by atoms with E-state index in [-0.39, 0.29) is 6.54 Å². The Morgan fingerprint density at radius 3 is 2.75 bits per heavy atom. The SMILES string of the molecule is Cn1cc(Br)c(CNCC(C)(O)C(F)F)n1. The molecule has 0 bridgehead atoms. The van der Waals surface area contributed by atoms with Crippen LogP contribution >= 0.6 is 15.9 Å². The first-order chi connectivity index (χ1) is 7.33. The van der Waals surface area contributed by atoms with Gasteiger partial charge in [-0.05, 0) is 22.9 Å². The minimum Gasteiger partial charge on any atom is -0.383 e. The van der Waals surface area contributed by atoms with Crippen LogP contribution < -0.4 is 5.32 Å². The Balaban J connectivity index is 2.44. The van der Waals surface area contributed by atoms with Crippen molar-refractivity contribution in [3.63, 3.8) is 0 Å². The van der Waals surface area contributed by atoms with Crippen molar-refractivity contribution in [1.82, 2.24) is 15.1 Å². The Morgan fingerprint density at radius 1 is 1.69 bits per heavy atom. The smallest absolute Gasteiger partial charge is 0.267 e. The zero-order valence-corrected chi connectivity index (χ0v) is 10.6. The molecule has 0 radical (unpaired) electrons. The van der Waals surface area contributed by atoms with E-state index in [1.54, 1.807) is 17.9 Å². The normalized spacial score (nSPS) is 15.4. The summed E-state index contributed by atoms with van der Waals surface area (Å²) < 4.78 is 27.0. The summed E-state index contributed by atoms with van der Waals surface area (Å²) in [5, 5.41) is 16.1. The van der Waals surface area contributed by atoms with Gasteiger partial charge in [0.1, 0.15) is 5.60 Å². The number of aliphatic hydroxyl groups is 1. The fourth-order valence-corrected chi connectivity index (χ4v) is 1.65. The molecule has 1 rings (SSSR count). The summed E-state index contributed by atoms with van der Waals surface area (Å²) >= 11 is 3.29. The topological polar surface area (TPSA) is 50.1 Å². The summed E-state index contributed by atoms with van der Waals surface area (Å²) in [6, 6.07) is 0. The van der Waals surface area contributed by atoms with E-state index >= 15 is 0 Å². The van der Waals surface area contributed by atoms with Crippen molar-refractivity contribution in [2.24, 2.45) is 7.05 Å². The van der Waals surface area contributed by atoms with E-state index in [0.29, 0.717) is 12.2 Å². The first-order valence-corrected chi connectivity index (χ1v) is 5.51. The monoisotopic (exact) mass is 297 g/mol. The molecule has 7 heteroatoms. The van der Waals surface area contributed by atoms with Crippen LogP contribution in [0.2, 0.25) is 0 Å². The van der Waals surface area contributed by atoms with Crippen LogP contribution in [-0.4, -0.2) is 33.5 Å². The molecular formula is C9H14BrF2N3O. The van der Waals surface area contributed by atoms with Crippen molar-refractivity contribution < 1.29 is 13.9 Å². The van der Waals surface area contributed by atoms with Gasteiger partial charge in [0, 0.05) is 26.3 Å². The standard InChI is InChI=1S/C9H14BrF2N3O/c1-9(16,8(11)12)5-13-3-7-6(10)4-15(2)14-7/h4,8,13,16H,3,5H2,1-2H3. The number of hydrogen-bond donors (Lipinski definition) is 2. The Kier molecular flexibility index (Phi) is 4.40. The van der Waals surface area contributed by atoms with Gasteiger partial charge >= 0.3 is 0 Å². The summed E-state index contributed by atoms with van der Waals surface area (Å²) in [6.07, 6.45) is -1.00. The van der Waals surface area contributed by atoms with Crippen LogP contribution in [0.3, 0.4) is 0 Å². The number of rotatable bonds is 5. The van der Waals surface area contributed by atoms with Crippen molar-refractivity contribution in [3.05, 3.63) is 16.4 Å². The number of nitrogens with zero attached hydrogens (tertiary/aromatic N) is 2. The molecule has 92 valence electrons. The van der Waals surface area contributed by atoms with Crippen LogP contribution in [0.25, 0.3) is 0 Å². The van der Waals surface area contributed by atoms with Gasteiger partial charge in [0.25, 0.3) is 6.43 Å². The van der Waals surface area contributed by atoms with Gasteiger partial charge in [-0.2, -0.15) is 5.10 Å². The molecule has 2 N–H and O–H groups in total. The summed E-state index contributed by atoms with van der Waals surface area (Å²) in [6.45, 7) is 1.23. The average molecular weight is 298 g/mol. The number of nitrogens with one attached hydrogen (secondary N) is 1. The zero-order chi connectivity index (χ0) is 12.3. The predicted octanol–water partition coefficient (Wildman–Crippen LogP) is 1.29. The Bertz CT molecular complexity index is 355. The maximum Gasteiger partial charge on any atom is 0.267 e. The van der Waals surface area contributed by atoms with Gasteiger partial charge in [0.2, 0.25) is 0 Å². The molecule has 0 aliphatic heterocycles. The molecule has 0 saturated heterocycles. The number of hydrogen-bond acceptors (Lipinski definition) is 3. The van der Waals surface area contributed by atoms with Crippen LogP contribution in [0.5, 0.6) is 0 Å². The van der Waals surface area contributed by atoms with Gasteiger partial charge < -0.3 is 10.4 Å². The molecule has 0 aliphatic carbocycles. The molecule has 0 spiro atoms. The third-order valence-electron chi connectivity index (χ3n) is 2.10. The Labute approximate surface area is 101 Å². The minimum atomic E-state index is -2.77. The zero-order valence-electron chi connectivity index (χ0n) is 9.04. The van der Waals surface area contributed by atoms with Crippen molar-refractivity contribution in [3.8, 4) is 0 Å². The summed E-state index contributed by atoms with van der Waals surface area (Å²) in [4.78, 5) is 0. The van der Waals surface area contributed by atoms with E-state index in [2.05, 4.69) is 26.3 Å². The molecule has 0 fully saturated rings. The highest BCUT2D eigenvalue weighted by Gasteiger charge is 2.31. The molecule has 1 heterocycles. The van der Waals surface area contributed by atoms with Gasteiger partial charge in [0.15, 0.2) is 0 Å². The molecular weight excluding hydrogens is 284 g/mol. The lowest BCUT2D eigenvalue weighted by Gasteiger charge is -2.22. The van der Waals surface area contributed by atoms with E-state index < -0.39 is 12.0 Å². The van der Waals surface area contributed by atoms with Crippen LogP contribution in [0.4, 0.5) is 8.78 Å². The van der Waals surface area contributed by atoms with Crippen LogP contribution in [0.15, 0.2) is 10.7 Å². The molecule has 0 aliphatic rings. The first-order valence-electron chi connectivity index (χ1n) is 4.72. The first kappa shape index (κ1) is 13.5. The molecule has 4 nitrogen and oxygen atoms in total. The number of aromatic nitrogens is 2.